The van der Waals surface area contributed by atoms with E-state index >= 15 is 0 Å². The van der Waals surface area contributed by atoms with E-state index in [1.54, 1.807) is 0 Å². The molecule has 2 fully saturated rings. The first-order valence-corrected chi connectivity index (χ1v) is 10.4. The van der Waals surface area contributed by atoms with E-state index in [-0.39, 0.29) is 30.7 Å². The van der Waals surface area contributed by atoms with Gasteiger partial charge in [-0.3, -0.25) is 9.69 Å². The van der Waals surface area contributed by atoms with Crippen molar-refractivity contribution in [3.63, 3.8) is 0 Å². The van der Waals surface area contributed by atoms with E-state index in [4.69, 9.17) is 10.5 Å². The molecule has 0 aromatic heterocycles. The minimum absolute atomic E-state index is 0. The van der Waals surface area contributed by atoms with Crippen molar-refractivity contribution in [2.45, 2.75) is 57.8 Å². The van der Waals surface area contributed by atoms with Crippen LogP contribution in [0.5, 0.6) is 0 Å². The van der Waals surface area contributed by atoms with Gasteiger partial charge >= 0.3 is 0 Å². The van der Waals surface area contributed by atoms with Crippen LogP contribution in [0.3, 0.4) is 0 Å². The summed E-state index contributed by atoms with van der Waals surface area (Å²) in [6.45, 7) is 11.0. The first kappa shape index (κ1) is 26.2. The summed E-state index contributed by atoms with van der Waals surface area (Å²) in [5.74, 6) is 0.742. The van der Waals surface area contributed by atoms with Gasteiger partial charge in [0.05, 0.1) is 12.2 Å². The third-order valence-corrected chi connectivity index (χ3v) is 6.07. The average Bonchev–Trinajstić information content (AvgIpc) is 2.66. The first-order valence-electron chi connectivity index (χ1n) is 10.4. The van der Waals surface area contributed by atoms with Crippen molar-refractivity contribution >= 4 is 30.7 Å². The van der Waals surface area contributed by atoms with Gasteiger partial charge in [-0.1, -0.05) is 30.3 Å². The summed E-state index contributed by atoms with van der Waals surface area (Å²) in [5, 5.41) is 0. The number of rotatable bonds is 5. The third-order valence-electron chi connectivity index (χ3n) is 6.07. The van der Waals surface area contributed by atoms with Crippen LogP contribution in [0.1, 0.15) is 45.6 Å². The number of benzene rings is 1. The number of carbonyl (C=O) groups excluding carboxylic acids is 1. The largest absolute Gasteiger partial charge is 0.373 e. The van der Waals surface area contributed by atoms with Crippen molar-refractivity contribution in [2.75, 3.05) is 32.7 Å². The van der Waals surface area contributed by atoms with Gasteiger partial charge in [0.2, 0.25) is 5.91 Å². The molecule has 0 bridgehead atoms. The molecule has 3 rings (SSSR count). The number of nitrogens with two attached hydrogens (primary N) is 1. The molecule has 1 aromatic carbocycles. The monoisotopic (exact) mass is 445 g/mol. The minimum atomic E-state index is -0.950. The highest BCUT2D eigenvalue weighted by atomic mass is 35.5. The van der Waals surface area contributed by atoms with Crippen LogP contribution in [0.2, 0.25) is 0 Å². The molecule has 2 heterocycles. The molecule has 2 saturated heterocycles. The lowest BCUT2D eigenvalue weighted by atomic mass is 9.88. The van der Waals surface area contributed by atoms with Gasteiger partial charge in [0.1, 0.15) is 5.54 Å². The zero-order valence-electron chi connectivity index (χ0n) is 17.9. The number of amides is 1. The molecule has 2 aliphatic rings. The van der Waals surface area contributed by atoms with Crippen LogP contribution in [0.4, 0.5) is 0 Å². The number of carbonyl (C=O) groups is 1. The third kappa shape index (κ3) is 6.83. The molecule has 2 N–H and O–H groups in total. The summed E-state index contributed by atoms with van der Waals surface area (Å²) < 4.78 is 5.82. The maximum Gasteiger partial charge on any atom is 0.246 e. The lowest BCUT2D eigenvalue weighted by molar-refractivity contribution is -0.138. The molecule has 0 radical (unpaired) electrons. The molecule has 29 heavy (non-hydrogen) atoms. The smallest absolute Gasteiger partial charge is 0.246 e. The highest BCUT2D eigenvalue weighted by Gasteiger charge is 2.36. The fraction of sp³-hybridized carbons (Fsp3) is 0.682. The fourth-order valence-electron chi connectivity index (χ4n) is 4.49. The molecular weight excluding hydrogens is 409 g/mol. The Morgan fingerprint density at radius 3 is 2.21 bits per heavy atom. The number of nitrogens with zero attached hydrogens (tertiary/aromatic N) is 2. The normalized spacial score (nSPS) is 25.4. The van der Waals surface area contributed by atoms with E-state index in [9.17, 15) is 4.79 Å². The second-order valence-corrected chi connectivity index (χ2v) is 8.61. The van der Waals surface area contributed by atoms with Gasteiger partial charge < -0.3 is 15.4 Å². The van der Waals surface area contributed by atoms with Gasteiger partial charge in [-0.2, -0.15) is 0 Å². The van der Waals surface area contributed by atoms with E-state index in [1.807, 2.05) is 42.2 Å². The average molecular weight is 446 g/mol. The molecular formula is C22H37Cl2N3O2. The Hall–Kier alpha value is -0.850. The topological polar surface area (TPSA) is 58.8 Å². The predicted molar refractivity (Wildman–Crippen MR) is 123 cm³/mol. The summed E-state index contributed by atoms with van der Waals surface area (Å²) in [7, 11) is 0. The maximum atomic E-state index is 13.0. The highest BCUT2D eigenvalue weighted by Crippen LogP contribution is 2.26. The summed E-state index contributed by atoms with van der Waals surface area (Å²) in [5.41, 5.74) is 6.35. The lowest BCUT2D eigenvalue weighted by Crippen LogP contribution is -2.53. The Morgan fingerprint density at radius 1 is 1.10 bits per heavy atom. The van der Waals surface area contributed by atoms with Crippen LogP contribution in [-0.2, 0) is 15.1 Å². The minimum Gasteiger partial charge on any atom is -0.373 e. The van der Waals surface area contributed by atoms with Crippen LogP contribution < -0.4 is 5.73 Å². The zero-order chi connectivity index (χ0) is 19.4. The maximum absolute atomic E-state index is 13.0. The molecule has 0 aliphatic carbocycles. The van der Waals surface area contributed by atoms with Crippen molar-refractivity contribution < 1.29 is 9.53 Å². The number of morpholine rings is 1. The number of hydrogen-bond donors (Lipinski definition) is 1. The van der Waals surface area contributed by atoms with Gasteiger partial charge in [-0.15, -0.1) is 24.8 Å². The second kappa shape index (κ2) is 11.5. The zero-order valence-corrected chi connectivity index (χ0v) is 19.5. The molecule has 1 aromatic rings. The van der Waals surface area contributed by atoms with Crippen LogP contribution >= 0.6 is 24.8 Å². The van der Waals surface area contributed by atoms with Gasteiger partial charge in [0.15, 0.2) is 0 Å². The molecule has 0 spiro atoms. The number of halogens is 2. The molecule has 2 aliphatic heterocycles. The Balaban J connectivity index is 0.00000210. The van der Waals surface area contributed by atoms with Gasteiger partial charge in [0, 0.05) is 26.2 Å². The lowest BCUT2D eigenvalue weighted by Gasteiger charge is -2.39. The van der Waals surface area contributed by atoms with Crippen molar-refractivity contribution in [3.05, 3.63) is 35.9 Å². The first-order chi connectivity index (χ1) is 12.9. The number of ether oxygens (including phenoxy) is 1. The van der Waals surface area contributed by atoms with Gasteiger partial charge in [0.25, 0.3) is 0 Å². The van der Waals surface area contributed by atoms with E-state index in [0.717, 1.165) is 51.1 Å². The van der Waals surface area contributed by atoms with Gasteiger partial charge in [-0.05, 0) is 58.1 Å². The summed E-state index contributed by atoms with van der Waals surface area (Å²) in [6, 6.07) is 9.70. The Morgan fingerprint density at radius 2 is 1.66 bits per heavy atom. The highest BCUT2D eigenvalue weighted by molar-refractivity contribution is 5.87. The Labute approximate surface area is 188 Å². The second-order valence-electron chi connectivity index (χ2n) is 8.61. The fourth-order valence-corrected chi connectivity index (χ4v) is 4.49. The van der Waals surface area contributed by atoms with Gasteiger partial charge in [-0.25, -0.2) is 0 Å². The molecule has 0 saturated carbocycles. The van der Waals surface area contributed by atoms with Crippen molar-refractivity contribution in [3.8, 4) is 0 Å². The summed E-state index contributed by atoms with van der Waals surface area (Å²) >= 11 is 0. The van der Waals surface area contributed by atoms with E-state index < -0.39 is 5.54 Å². The number of piperidine rings is 1. The quantitative estimate of drug-likeness (QED) is 0.753. The summed E-state index contributed by atoms with van der Waals surface area (Å²) in [6.07, 6.45) is 4.01. The van der Waals surface area contributed by atoms with Crippen LogP contribution in [-0.4, -0.2) is 60.6 Å². The molecule has 3 atom stereocenters. The summed E-state index contributed by atoms with van der Waals surface area (Å²) in [4.78, 5) is 17.5. The molecule has 1 amide bonds. The van der Waals surface area contributed by atoms with E-state index in [2.05, 4.69) is 18.7 Å². The van der Waals surface area contributed by atoms with Crippen molar-refractivity contribution in [2.24, 2.45) is 11.7 Å². The SMILES string of the molecule is CC1CN(CCC2CCN(C(=O)C(C)(N)c3ccccc3)CC2)CC(C)O1.Cl.Cl. The Kier molecular flexibility index (Phi) is 10.4. The van der Waals surface area contributed by atoms with Crippen molar-refractivity contribution in [1.82, 2.24) is 9.80 Å². The molecule has 5 nitrogen and oxygen atoms in total. The number of hydrogen-bond acceptors (Lipinski definition) is 4. The van der Waals surface area contributed by atoms with E-state index in [1.165, 1.54) is 6.42 Å². The number of likely N-dealkylation sites (tertiary alicyclic amines) is 1. The molecule has 7 heteroatoms. The Bertz CT molecular complexity index is 612. The van der Waals surface area contributed by atoms with Crippen molar-refractivity contribution in [1.29, 1.82) is 0 Å². The predicted octanol–water partition coefficient (Wildman–Crippen LogP) is 3.44. The van der Waals surface area contributed by atoms with E-state index in [0.29, 0.717) is 18.1 Å². The van der Waals surface area contributed by atoms with Crippen LogP contribution in [0.15, 0.2) is 30.3 Å². The molecule has 3 unspecified atom stereocenters. The molecule has 166 valence electrons. The van der Waals surface area contributed by atoms with Crippen LogP contribution in [0, 0.1) is 5.92 Å². The standard InChI is InChI=1S/C22H35N3O2.2ClH/c1-17-15-24(16-18(2)27-17)12-9-19-10-13-25(14-11-19)21(26)22(3,23)20-7-5-4-6-8-20;;/h4-8,17-19H,9-16,23H2,1-3H3;2*1H. The van der Waals surface area contributed by atoms with Crippen LogP contribution in [0.25, 0.3) is 0 Å².